The average molecular weight is 419 g/mol. The number of hydrogen-bond acceptors (Lipinski definition) is 5. The van der Waals surface area contributed by atoms with E-state index in [0.29, 0.717) is 28.6 Å². The van der Waals surface area contributed by atoms with Gasteiger partial charge in [0.05, 0.1) is 17.7 Å². The van der Waals surface area contributed by atoms with E-state index < -0.39 is 7.12 Å². The van der Waals surface area contributed by atoms with Gasteiger partial charge < -0.3 is 20.3 Å². The molecule has 162 valence electrons. The second-order valence-electron chi connectivity index (χ2n) is 9.55. The minimum absolute atomic E-state index is 0.0883. The van der Waals surface area contributed by atoms with E-state index in [1.54, 1.807) is 18.2 Å². The number of aliphatic hydroxyl groups is 1. The number of nitrogens with zero attached hydrogens (tertiary/aromatic N) is 1. The summed E-state index contributed by atoms with van der Waals surface area (Å²) in [4.78, 5) is 0. The predicted octanol–water partition coefficient (Wildman–Crippen LogP) is 2.85. The first-order valence-electron chi connectivity index (χ1n) is 11.2. The van der Waals surface area contributed by atoms with Gasteiger partial charge in [0.1, 0.15) is 5.75 Å². The molecule has 2 fully saturated rings. The van der Waals surface area contributed by atoms with Crippen LogP contribution in [0.4, 0.5) is 0 Å². The molecular weight excluding hydrogens is 389 g/mol. The molecule has 5 rings (SSSR count). The van der Waals surface area contributed by atoms with Crippen molar-refractivity contribution in [2.24, 2.45) is 17.3 Å². The molecule has 0 spiro atoms. The summed E-state index contributed by atoms with van der Waals surface area (Å²) in [5.74, 6) is 2.49. The van der Waals surface area contributed by atoms with Crippen LogP contribution in [-0.2, 0) is 6.42 Å². The predicted molar refractivity (Wildman–Crippen MR) is 120 cm³/mol. The Labute approximate surface area is 184 Å². The van der Waals surface area contributed by atoms with Gasteiger partial charge >= 0.3 is 7.12 Å². The van der Waals surface area contributed by atoms with Gasteiger partial charge in [-0.3, -0.25) is 0 Å². The summed E-state index contributed by atoms with van der Waals surface area (Å²) in [6.07, 6.45) is 6.78. The molecule has 0 amide bonds. The van der Waals surface area contributed by atoms with Crippen molar-refractivity contribution in [1.29, 1.82) is 5.26 Å². The minimum Gasteiger partial charge on any atom is -0.508 e. The normalized spacial score (nSPS) is 30.7. The van der Waals surface area contributed by atoms with E-state index in [1.807, 2.05) is 18.2 Å². The lowest BCUT2D eigenvalue weighted by molar-refractivity contribution is -0.0226. The quantitative estimate of drug-likeness (QED) is 0.532. The highest BCUT2D eigenvalue weighted by molar-refractivity contribution is 6.58. The van der Waals surface area contributed by atoms with Gasteiger partial charge in [-0.15, -0.1) is 0 Å². The molecule has 0 aromatic heterocycles. The molecule has 0 saturated heterocycles. The fraction of sp³-hybridized carbons (Fsp3) is 0.480. The topological polar surface area (TPSA) is 105 Å². The van der Waals surface area contributed by atoms with Crippen LogP contribution >= 0.6 is 0 Å². The van der Waals surface area contributed by atoms with Gasteiger partial charge in [-0.05, 0) is 103 Å². The van der Waals surface area contributed by atoms with E-state index >= 15 is 0 Å². The molecule has 0 unspecified atom stereocenters. The number of aliphatic hydroxyl groups excluding tert-OH is 1. The maximum Gasteiger partial charge on any atom is 0.488 e. The largest absolute Gasteiger partial charge is 0.508 e. The fourth-order valence-corrected chi connectivity index (χ4v) is 6.31. The zero-order valence-corrected chi connectivity index (χ0v) is 17.9. The first kappa shape index (κ1) is 21.9. The number of benzene rings is 2. The van der Waals surface area contributed by atoms with Crippen LogP contribution in [0, 0.1) is 28.6 Å². The Hall–Kier alpha value is -2.33. The molecule has 0 bridgehead atoms. The summed E-state index contributed by atoms with van der Waals surface area (Å²) < 4.78 is 0. The standard InChI is InChI=1S/C18H24O2.C7H6BNO2/c1-18-9-8-14-13-5-3-12(19)10-11(13)2-4-15(14)16(18)6-7-17(18)20;9-5-6-2-1-3-7(4-6)8(10)11/h3,5,10,14-17,19-20H,2,4,6-9H2,1H3;1-4,10-11H/t14-,15-,16+,17+,18+;/m1./s1. The highest BCUT2D eigenvalue weighted by Crippen LogP contribution is 2.60. The van der Waals surface area contributed by atoms with E-state index in [4.69, 9.17) is 15.3 Å². The van der Waals surface area contributed by atoms with Crippen molar-refractivity contribution in [3.8, 4) is 11.8 Å². The third-order valence-electron chi connectivity index (χ3n) is 7.97. The van der Waals surface area contributed by atoms with Gasteiger partial charge in [0.15, 0.2) is 0 Å². The van der Waals surface area contributed by atoms with Crippen molar-refractivity contribution in [2.45, 2.75) is 57.5 Å². The van der Waals surface area contributed by atoms with E-state index in [0.717, 1.165) is 25.2 Å². The van der Waals surface area contributed by atoms with Crippen molar-refractivity contribution in [2.75, 3.05) is 0 Å². The molecule has 2 aromatic carbocycles. The molecule has 2 aromatic rings. The molecule has 0 radical (unpaired) electrons. The number of phenolic OH excluding ortho intramolecular Hbond substituents is 1. The zero-order chi connectivity index (χ0) is 22.2. The molecular formula is C25H30BNO4. The molecule has 2 saturated carbocycles. The number of aryl methyl sites for hydroxylation is 1. The number of phenols is 1. The molecule has 5 atom stereocenters. The van der Waals surface area contributed by atoms with Gasteiger partial charge in [-0.1, -0.05) is 25.1 Å². The summed E-state index contributed by atoms with van der Waals surface area (Å²) in [6.45, 7) is 2.32. The average Bonchev–Trinajstić information content (AvgIpc) is 3.08. The van der Waals surface area contributed by atoms with Crippen LogP contribution in [0.1, 0.15) is 61.6 Å². The lowest BCUT2D eigenvalue weighted by Gasteiger charge is -2.50. The lowest BCUT2D eigenvalue weighted by Crippen LogP contribution is -2.43. The third kappa shape index (κ3) is 4.10. The maximum atomic E-state index is 10.4. The summed E-state index contributed by atoms with van der Waals surface area (Å²) in [7, 11) is -1.50. The van der Waals surface area contributed by atoms with Gasteiger partial charge in [0, 0.05) is 0 Å². The Balaban J connectivity index is 0.000000180. The number of rotatable bonds is 1. The van der Waals surface area contributed by atoms with Crippen LogP contribution in [0.15, 0.2) is 42.5 Å². The van der Waals surface area contributed by atoms with Crippen molar-refractivity contribution >= 4 is 12.6 Å². The zero-order valence-electron chi connectivity index (χ0n) is 17.9. The molecule has 3 aliphatic carbocycles. The highest BCUT2D eigenvalue weighted by Gasteiger charge is 2.54. The van der Waals surface area contributed by atoms with E-state index in [1.165, 1.54) is 36.5 Å². The van der Waals surface area contributed by atoms with Crippen molar-refractivity contribution in [3.63, 3.8) is 0 Å². The second-order valence-corrected chi connectivity index (χ2v) is 9.55. The third-order valence-corrected chi connectivity index (χ3v) is 7.97. The smallest absolute Gasteiger partial charge is 0.488 e. The first-order chi connectivity index (χ1) is 14.8. The Morgan fingerprint density at radius 3 is 2.61 bits per heavy atom. The fourth-order valence-electron chi connectivity index (χ4n) is 6.31. The van der Waals surface area contributed by atoms with E-state index in [2.05, 4.69) is 13.0 Å². The first-order valence-corrected chi connectivity index (χ1v) is 11.2. The van der Waals surface area contributed by atoms with Crippen LogP contribution in [0.3, 0.4) is 0 Å². The molecule has 5 nitrogen and oxygen atoms in total. The van der Waals surface area contributed by atoms with Gasteiger partial charge in [0.25, 0.3) is 0 Å². The molecule has 0 heterocycles. The van der Waals surface area contributed by atoms with Crippen LogP contribution in [-0.4, -0.2) is 33.5 Å². The molecule has 0 aliphatic heterocycles. The SMILES string of the molecule is C[C@]12CC[C@@H]3c4ccc(O)cc4CC[C@H]3[C@@H]1CC[C@@H]2O.N#Cc1cccc(B(O)O)c1. The van der Waals surface area contributed by atoms with E-state index in [-0.39, 0.29) is 11.5 Å². The van der Waals surface area contributed by atoms with Gasteiger partial charge in [-0.25, -0.2) is 0 Å². The Kier molecular flexibility index (Phi) is 6.12. The van der Waals surface area contributed by atoms with Gasteiger partial charge in [0.2, 0.25) is 0 Å². The number of nitriles is 1. The molecule has 4 N–H and O–H groups in total. The van der Waals surface area contributed by atoms with Crippen molar-refractivity contribution in [3.05, 3.63) is 59.2 Å². The maximum absolute atomic E-state index is 10.4. The van der Waals surface area contributed by atoms with E-state index in [9.17, 15) is 10.2 Å². The highest BCUT2D eigenvalue weighted by atomic mass is 16.4. The minimum atomic E-state index is -1.50. The Bertz CT molecular complexity index is 988. The Morgan fingerprint density at radius 1 is 1.06 bits per heavy atom. The Morgan fingerprint density at radius 2 is 1.87 bits per heavy atom. The number of aromatic hydroxyl groups is 1. The summed E-state index contributed by atoms with van der Waals surface area (Å²) >= 11 is 0. The van der Waals surface area contributed by atoms with Crippen molar-refractivity contribution < 1.29 is 20.3 Å². The summed E-state index contributed by atoms with van der Waals surface area (Å²) in [5.41, 5.74) is 3.76. The number of fused-ring (bicyclic) bond motifs is 5. The second kappa shape index (κ2) is 8.66. The summed E-state index contributed by atoms with van der Waals surface area (Å²) in [6, 6.07) is 14.0. The lowest BCUT2D eigenvalue weighted by atomic mass is 9.55. The summed E-state index contributed by atoms with van der Waals surface area (Å²) in [5, 5.41) is 45.9. The molecule has 31 heavy (non-hydrogen) atoms. The van der Waals surface area contributed by atoms with Crippen LogP contribution in [0.25, 0.3) is 0 Å². The van der Waals surface area contributed by atoms with Crippen molar-refractivity contribution in [1.82, 2.24) is 0 Å². The molecule has 6 heteroatoms. The van der Waals surface area contributed by atoms with Crippen LogP contribution in [0.5, 0.6) is 5.75 Å². The van der Waals surface area contributed by atoms with Gasteiger partial charge in [-0.2, -0.15) is 5.26 Å². The monoisotopic (exact) mass is 419 g/mol. The van der Waals surface area contributed by atoms with Crippen LogP contribution < -0.4 is 5.46 Å². The van der Waals surface area contributed by atoms with Crippen LogP contribution in [0.2, 0.25) is 0 Å². The molecule has 3 aliphatic rings. The number of hydrogen-bond donors (Lipinski definition) is 4.